The summed E-state index contributed by atoms with van der Waals surface area (Å²) >= 11 is 3.50. The summed E-state index contributed by atoms with van der Waals surface area (Å²) < 4.78 is 11.8. The van der Waals surface area contributed by atoms with Gasteiger partial charge in [0.1, 0.15) is 5.75 Å². The van der Waals surface area contributed by atoms with Gasteiger partial charge in [0.2, 0.25) is 0 Å². The van der Waals surface area contributed by atoms with Gasteiger partial charge in [0, 0.05) is 5.92 Å². The molecule has 0 saturated heterocycles. The molecule has 5 nitrogen and oxygen atoms in total. The van der Waals surface area contributed by atoms with Crippen molar-refractivity contribution in [2.45, 2.75) is 31.8 Å². The van der Waals surface area contributed by atoms with Crippen molar-refractivity contribution in [2.24, 2.45) is 5.73 Å². The second-order valence-corrected chi connectivity index (χ2v) is 5.77. The number of nitrogens with zero attached hydrogens (tertiary/aromatic N) is 2. The van der Waals surface area contributed by atoms with Crippen LogP contribution in [0.25, 0.3) is 0 Å². The van der Waals surface area contributed by atoms with E-state index >= 15 is 0 Å². The predicted molar refractivity (Wildman–Crippen MR) is 77.5 cm³/mol. The lowest BCUT2D eigenvalue weighted by molar-refractivity contribution is 0.241. The van der Waals surface area contributed by atoms with Crippen LogP contribution in [-0.2, 0) is 13.0 Å². The van der Waals surface area contributed by atoms with Crippen LogP contribution < -0.4 is 10.5 Å². The molecule has 6 heteroatoms. The number of ether oxygens (including phenoxy) is 1. The first-order chi connectivity index (χ1) is 9.76. The number of nitrogens with two attached hydrogens (primary N) is 1. The van der Waals surface area contributed by atoms with Gasteiger partial charge >= 0.3 is 0 Å². The zero-order valence-corrected chi connectivity index (χ0v) is 12.6. The third-order valence-corrected chi connectivity index (χ3v) is 3.83. The van der Waals surface area contributed by atoms with E-state index in [4.69, 9.17) is 15.0 Å². The van der Waals surface area contributed by atoms with Crippen LogP contribution in [0.5, 0.6) is 5.75 Å². The first-order valence-corrected chi connectivity index (χ1v) is 7.49. The van der Waals surface area contributed by atoms with Crippen molar-refractivity contribution >= 4 is 15.9 Å². The molecule has 1 fully saturated rings. The Hall–Kier alpha value is -1.40. The maximum Gasteiger partial charge on any atom is 0.264 e. The molecule has 2 aromatic rings. The second kappa shape index (κ2) is 5.93. The molecule has 106 valence electrons. The summed E-state index contributed by atoms with van der Waals surface area (Å²) in [7, 11) is 0. The van der Waals surface area contributed by atoms with Crippen molar-refractivity contribution in [1.82, 2.24) is 10.1 Å². The number of benzene rings is 1. The summed E-state index contributed by atoms with van der Waals surface area (Å²) in [6.07, 6.45) is 3.18. The average molecular weight is 338 g/mol. The molecule has 3 rings (SSSR count). The molecule has 0 radical (unpaired) electrons. The summed E-state index contributed by atoms with van der Waals surface area (Å²) in [5, 5.41) is 3.96. The summed E-state index contributed by atoms with van der Waals surface area (Å²) in [4.78, 5) is 4.33. The first-order valence-electron chi connectivity index (χ1n) is 6.70. The normalized spacial score (nSPS) is 14.5. The molecule has 0 amide bonds. The van der Waals surface area contributed by atoms with E-state index in [1.54, 1.807) is 0 Å². The van der Waals surface area contributed by atoms with Gasteiger partial charge in [-0.25, -0.2) is 0 Å². The van der Waals surface area contributed by atoms with Crippen LogP contribution in [0.3, 0.4) is 0 Å². The highest BCUT2D eigenvalue weighted by molar-refractivity contribution is 9.10. The second-order valence-electron chi connectivity index (χ2n) is 4.91. The third-order valence-electron chi connectivity index (χ3n) is 3.21. The largest absolute Gasteiger partial charge is 0.483 e. The summed E-state index contributed by atoms with van der Waals surface area (Å²) in [6.45, 7) is 0.924. The number of halogens is 1. The Bertz CT molecular complexity index is 596. The van der Waals surface area contributed by atoms with E-state index in [0.29, 0.717) is 18.4 Å². The Kier molecular flexibility index (Phi) is 4.03. The number of hydrogen-bond acceptors (Lipinski definition) is 5. The lowest BCUT2D eigenvalue weighted by Crippen LogP contribution is -2.03. The van der Waals surface area contributed by atoms with E-state index in [1.165, 1.54) is 5.56 Å². The molecule has 0 spiro atoms. The fourth-order valence-electron chi connectivity index (χ4n) is 1.96. The molecule has 0 atom stereocenters. The van der Waals surface area contributed by atoms with Gasteiger partial charge < -0.3 is 15.0 Å². The van der Waals surface area contributed by atoms with Crippen molar-refractivity contribution < 1.29 is 9.26 Å². The topological polar surface area (TPSA) is 74.2 Å². The van der Waals surface area contributed by atoms with Crippen molar-refractivity contribution in [3.8, 4) is 5.75 Å². The van der Waals surface area contributed by atoms with Crippen LogP contribution >= 0.6 is 15.9 Å². The third kappa shape index (κ3) is 3.19. The van der Waals surface area contributed by atoms with Crippen molar-refractivity contribution in [1.29, 1.82) is 0 Å². The maximum atomic E-state index is 5.70. The monoisotopic (exact) mass is 337 g/mol. The minimum absolute atomic E-state index is 0.286. The van der Waals surface area contributed by atoms with E-state index in [9.17, 15) is 0 Å². The van der Waals surface area contributed by atoms with Gasteiger partial charge in [-0.2, -0.15) is 4.98 Å². The smallest absolute Gasteiger partial charge is 0.264 e. The number of rotatable bonds is 6. The summed E-state index contributed by atoms with van der Waals surface area (Å²) in [6, 6.07) is 5.95. The molecular formula is C14H16BrN3O2. The quantitative estimate of drug-likeness (QED) is 0.877. The first kappa shape index (κ1) is 13.6. The molecular weight excluding hydrogens is 322 g/mol. The van der Waals surface area contributed by atoms with Gasteiger partial charge in [-0.15, -0.1) is 0 Å². The van der Waals surface area contributed by atoms with Gasteiger partial charge in [0.15, 0.2) is 12.4 Å². The van der Waals surface area contributed by atoms with Crippen molar-refractivity contribution in [3.05, 3.63) is 40.0 Å². The number of hydrogen-bond donors (Lipinski definition) is 1. The lowest BCUT2D eigenvalue weighted by atomic mass is 10.1. The Morgan fingerprint density at radius 3 is 2.95 bits per heavy atom. The van der Waals surface area contributed by atoms with Crippen LogP contribution in [0.15, 0.2) is 27.2 Å². The molecule has 20 heavy (non-hydrogen) atoms. The summed E-state index contributed by atoms with van der Waals surface area (Å²) in [5.41, 5.74) is 6.72. The highest BCUT2D eigenvalue weighted by atomic mass is 79.9. The van der Waals surface area contributed by atoms with Crippen LogP contribution in [0.1, 0.15) is 36.0 Å². The van der Waals surface area contributed by atoms with E-state index in [0.717, 1.165) is 35.3 Å². The highest BCUT2D eigenvalue weighted by Crippen LogP contribution is 2.38. The molecule has 1 aliphatic carbocycles. The average Bonchev–Trinajstić information content (AvgIpc) is 3.18. The lowest BCUT2D eigenvalue weighted by Gasteiger charge is -2.07. The van der Waals surface area contributed by atoms with Crippen molar-refractivity contribution in [2.75, 3.05) is 6.54 Å². The Morgan fingerprint density at radius 2 is 2.25 bits per heavy atom. The maximum absolute atomic E-state index is 5.70. The molecule has 0 aliphatic heterocycles. The van der Waals surface area contributed by atoms with Gasteiger partial charge in [0.25, 0.3) is 5.89 Å². The molecule has 1 aromatic heterocycles. The van der Waals surface area contributed by atoms with E-state index in [1.807, 2.05) is 18.2 Å². The van der Waals surface area contributed by atoms with Crippen molar-refractivity contribution in [3.63, 3.8) is 0 Å². The van der Waals surface area contributed by atoms with Gasteiger partial charge in [-0.3, -0.25) is 0 Å². The fourth-order valence-corrected chi connectivity index (χ4v) is 2.50. The Morgan fingerprint density at radius 1 is 1.40 bits per heavy atom. The zero-order chi connectivity index (χ0) is 13.9. The zero-order valence-electron chi connectivity index (χ0n) is 11.0. The molecule has 1 aliphatic rings. The molecule has 0 unspecified atom stereocenters. The minimum Gasteiger partial charge on any atom is -0.483 e. The van der Waals surface area contributed by atoms with Crippen LogP contribution in [-0.4, -0.2) is 16.7 Å². The van der Waals surface area contributed by atoms with Gasteiger partial charge in [-0.1, -0.05) is 11.2 Å². The van der Waals surface area contributed by atoms with E-state index < -0.39 is 0 Å². The number of aromatic nitrogens is 2. The van der Waals surface area contributed by atoms with Gasteiger partial charge in [0.05, 0.1) is 4.47 Å². The SMILES string of the molecule is NCCc1ccc(OCc2nc(C3CC3)no2)c(Br)c1. The van der Waals surface area contributed by atoms with Crippen LogP contribution in [0.4, 0.5) is 0 Å². The summed E-state index contributed by atoms with van der Waals surface area (Å²) in [5.74, 6) is 2.58. The molecule has 1 aromatic carbocycles. The standard InChI is InChI=1S/C14H16BrN3O2/c15-11-7-9(5-6-16)1-4-12(11)19-8-13-17-14(18-20-13)10-2-3-10/h1,4,7,10H,2-3,5-6,8,16H2. The van der Waals surface area contributed by atoms with E-state index in [2.05, 4.69) is 26.1 Å². The Labute approximate surface area is 125 Å². The van der Waals surface area contributed by atoms with E-state index in [-0.39, 0.29) is 6.61 Å². The minimum atomic E-state index is 0.286. The van der Waals surface area contributed by atoms with Gasteiger partial charge in [-0.05, 0) is 59.4 Å². The fraction of sp³-hybridized carbons (Fsp3) is 0.429. The van der Waals surface area contributed by atoms with Crippen LogP contribution in [0, 0.1) is 0 Å². The van der Waals surface area contributed by atoms with Crippen LogP contribution in [0.2, 0.25) is 0 Å². The predicted octanol–water partition coefficient (Wildman–Crippen LogP) is 2.79. The molecule has 1 saturated carbocycles. The Balaban J connectivity index is 1.61. The molecule has 1 heterocycles. The molecule has 2 N–H and O–H groups in total. The highest BCUT2D eigenvalue weighted by Gasteiger charge is 2.28. The molecule has 0 bridgehead atoms.